The van der Waals surface area contributed by atoms with E-state index < -0.39 is 11.7 Å². The number of benzene rings is 3. The summed E-state index contributed by atoms with van der Waals surface area (Å²) in [6, 6.07) is 20.8. The van der Waals surface area contributed by atoms with Crippen LogP contribution in [0.25, 0.3) is 22.3 Å². The minimum absolute atomic E-state index is 0.191. The zero-order chi connectivity index (χ0) is 24.4. The molecule has 0 aliphatic rings. The van der Waals surface area contributed by atoms with E-state index in [0.717, 1.165) is 39.3 Å². The number of anilines is 1. The molecule has 0 saturated carbocycles. The molecule has 0 aromatic heterocycles. The minimum atomic E-state index is -0.560. The zero-order valence-electron chi connectivity index (χ0n) is 21.0. The van der Waals surface area contributed by atoms with Crippen LogP contribution in [0.4, 0.5) is 10.5 Å². The lowest BCUT2D eigenvalue weighted by Gasteiger charge is -2.26. The molecule has 0 spiro atoms. The van der Waals surface area contributed by atoms with E-state index in [1.54, 1.807) is 7.11 Å². The third-order valence-corrected chi connectivity index (χ3v) is 5.36. The van der Waals surface area contributed by atoms with Crippen molar-refractivity contribution in [2.75, 3.05) is 12.4 Å². The van der Waals surface area contributed by atoms with E-state index in [1.165, 1.54) is 5.56 Å². The van der Waals surface area contributed by atoms with Gasteiger partial charge in [-0.1, -0.05) is 62.7 Å². The molecule has 0 fully saturated rings. The Hall–Kier alpha value is -3.27. The second-order valence-electron chi connectivity index (χ2n) is 10.4. The molecule has 0 saturated heterocycles. The van der Waals surface area contributed by atoms with Gasteiger partial charge in [0.2, 0.25) is 0 Å². The van der Waals surface area contributed by atoms with Gasteiger partial charge < -0.3 is 9.47 Å². The fourth-order valence-electron chi connectivity index (χ4n) is 3.73. The van der Waals surface area contributed by atoms with Crippen LogP contribution in [-0.4, -0.2) is 18.8 Å². The Morgan fingerprint density at radius 3 is 2.00 bits per heavy atom. The molecule has 174 valence electrons. The van der Waals surface area contributed by atoms with Crippen LogP contribution in [0.2, 0.25) is 0 Å². The number of hydrogen-bond acceptors (Lipinski definition) is 3. The van der Waals surface area contributed by atoms with Crippen LogP contribution in [0.15, 0.2) is 60.7 Å². The number of carbonyl (C=O) groups excluding carboxylic acids is 1. The Morgan fingerprint density at radius 2 is 1.42 bits per heavy atom. The van der Waals surface area contributed by atoms with Gasteiger partial charge in [0.25, 0.3) is 0 Å². The SMILES string of the molecule is COc1ccc(-c2ccc(C)cc2)c(-c2ccc(NC(=O)OC(C)(C)C)c(C(C)(C)C)c2)c1. The number of rotatable bonds is 4. The maximum Gasteiger partial charge on any atom is 0.412 e. The summed E-state index contributed by atoms with van der Waals surface area (Å²) in [5.74, 6) is 0.800. The molecule has 0 bridgehead atoms. The topological polar surface area (TPSA) is 47.6 Å². The standard InChI is InChI=1S/C29H35NO3/c1-19-9-11-20(12-10-19)23-15-14-22(32-8)18-24(23)21-13-16-26(25(17-21)28(2,3)4)30-27(31)33-29(5,6)7/h9-18H,1-8H3,(H,30,31). The number of nitrogens with one attached hydrogen (secondary N) is 1. The molecule has 0 aliphatic carbocycles. The van der Waals surface area contributed by atoms with E-state index in [1.807, 2.05) is 39.0 Å². The number of carbonyl (C=O) groups is 1. The number of hydrogen-bond donors (Lipinski definition) is 1. The molecular formula is C29H35NO3. The van der Waals surface area contributed by atoms with Crippen molar-refractivity contribution in [2.24, 2.45) is 0 Å². The first-order valence-electron chi connectivity index (χ1n) is 11.3. The van der Waals surface area contributed by atoms with Crippen molar-refractivity contribution >= 4 is 11.8 Å². The molecule has 4 nitrogen and oxygen atoms in total. The molecule has 3 rings (SSSR count). The van der Waals surface area contributed by atoms with Crippen molar-refractivity contribution in [3.63, 3.8) is 0 Å². The Balaban J connectivity index is 2.11. The molecule has 0 unspecified atom stereocenters. The van der Waals surface area contributed by atoms with Crippen LogP contribution in [-0.2, 0) is 10.2 Å². The van der Waals surface area contributed by atoms with Crippen LogP contribution < -0.4 is 10.1 Å². The molecule has 4 heteroatoms. The lowest BCUT2D eigenvalue weighted by Crippen LogP contribution is -2.28. The molecule has 0 aliphatic heterocycles. The van der Waals surface area contributed by atoms with E-state index in [2.05, 4.69) is 75.5 Å². The Morgan fingerprint density at radius 1 is 0.788 bits per heavy atom. The van der Waals surface area contributed by atoms with Crippen LogP contribution in [0.5, 0.6) is 5.75 Å². The lowest BCUT2D eigenvalue weighted by atomic mass is 9.83. The van der Waals surface area contributed by atoms with Gasteiger partial charge >= 0.3 is 6.09 Å². The minimum Gasteiger partial charge on any atom is -0.497 e. The monoisotopic (exact) mass is 445 g/mol. The van der Waals surface area contributed by atoms with E-state index in [4.69, 9.17) is 9.47 Å². The number of ether oxygens (including phenoxy) is 2. The maximum atomic E-state index is 12.5. The highest BCUT2D eigenvalue weighted by Crippen LogP contribution is 2.39. The number of amides is 1. The largest absolute Gasteiger partial charge is 0.497 e. The van der Waals surface area contributed by atoms with Crippen molar-refractivity contribution in [3.05, 3.63) is 71.8 Å². The smallest absolute Gasteiger partial charge is 0.412 e. The summed E-state index contributed by atoms with van der Waals surface area (Å²) in [6.45, 7) is 14.1. The summed E-state index contributed by atoms with van der Waals surface area (Å²) in [5, 5.41) is 2.94. The molecule has 0 radical (unpaired) electrons. The van der Waals surface area contributed by atoms with Crippen LogP contribution >= 0.6 is 0 Å². The predicted molar refractivity (Wildman–Crippen MR) is 137 cm³/mol. The fourth-order valence-corrected chi connectivity index (χ4v) is 3.73. The van der Waals surface area contributed by atoms with Gasteiger partial charge in [0.15, 0.2) is 0 Å². The van der Waals surface area contributed by atoms with Gasteiger partial charge in [0.1, 0.15) is 11.4 Å². The number of aryl methyl sites for hydroxylation is 1. The highest BCUT2D eigenvalue weighted by Gasteiger charge is 2.23. The van der Waals surface area contributed by atoms with Crippen molar-refractivity contribution < 1.29 is 14.3 Å². The van der Waals surface area contributed by atoms with E-state index >= 15 is 0 Å². The maximum absolute atomic E-state index is 12.5. The Labute approximate surface area is 197 Å². The van der Waals surface area contributed by atoms with E-state index in [0.29, 0.717) is 0 Å². The molecular weight excluding hydrogens is 410 g/mol. The van der Waals surface area contributed by atoms with E-state index in [-0.39, 0.29) is 5.41 Å². The third kappa shape index (κ3) is 6.16. The van der Waals surface area contributed by atoms with Gasteiger partial charge in [-0.05, 0) is 85.2 Å². The van der Waals surface area contributed by atoms with Gasteiger partial charge in [-0.3, -0.25) is 5.32 Å². The first kappa shape index (κ1) is 24.4. The Kier molecular flexibility index (Phi) is 6.87. The van der Waals surface area contributed by atoms with Gasteiger partial charge in [-0.2, -0.15) is 0 Å². The lowest BCUT2D eigenvalue weighted by molar-refractivity contribution is 0.0635. The van der Waals surface area contributed by atoms with Gasteiger partial charge in [-0.25, -0.2) is 4.79 Å². The summed E-state index contributed by atoms with van der Waals surface area (Å²) < 4.78 is 11.0. The van der Waals surface area contributed by atoms with Crippen molar-refractivity contribution in [1.82, 2.24) is 0 Å². The molecule has 1 N–H and O–H groups in total. The Bertz CT molecular complexity index is 1130. The molecule has 3 aromatic carbocycles. The summed E-state index contributed by atoms with van der Waals surface area (Å²) in [6.07, 6.45) is -0.456. The molecule has 33 heavy (non-hydrogen) atoms. The molecule has 0 atom stereocenters. The predicted octanol–water partition coefficient (Wildman–Crippen LogP) is 7.98. The van der Waals surface area contributed by atoms with Crippen molar-refractivity contribution in [2.45, 2.75) is 59.5 Å². The van der Waals surface area contributed by atoms with Gasteiger partial charge in [-0.15, -0.1) is 0 Å². The third-order valence-electron chi connectivity index (χ3n) is 5.36. The highest BCUT2D eigenvalue weighted by atomic mass is 16.6. The van der Waals surface area contributed by atoms with Crippen LogP contribution in [0, 0.1) is 6.92 Å². The van der Waals surface area contributed by atoms with Crippen LogP contribution in [0.1, 0.15) is 52.7 Å². The summed E-state index contributed by atoms with van der Waals surface area (Å²) in [4.78, 5) is 12.5. The van der Waals surface area contributed by atoms with Gasteiger partial charge in [0.05, 0.1) is 7.11 Å². The first-order chi connectivity index (χ1) is 15.4. The fraction of sp³-hybridized carbons (Fsp3) is 0.345. The molecule has 0 heterocycles. The normalized spacial score (nSPS) is 11.8. The average molecular weight is 446 g/mol. The molecule has 3 aromatic rings. The second kappa shape index (κ2) is 9.30. The quantitative estimate of drug-likeness (QED) is 0.443. The average Bonchev–Trinajstić information content (AvgIpc) is 2.72. The number of methoxy groups -OCH3 is 1. The summed E-state index contributed by atoms with van der Waals surface area (Å²) >= 11 is 0. The first-order valence-corrected chi connectivity index (χ1v) is 11.3. The zero-order valence-corrected chi connectivity index (χ0v) is 21.0. The highest BCUT2D eigenvalue weighted by molar-refractivity contribution is 5.89. The molecule has 1 amide bonds. The van der Waals surface area contributed by atoms with Gasteiger partial charge in [0, 0.05) is 5.69 Å². The van der Waals surface area contributed by atoms with Crippen LogP contribution in [0.3, 0.4) is 0 Å². The van der Waals surface area contributed by atoms with E-state index in [9.17, 15) is 4.79 Å². The second-order valence-corrected chi connectivity index (χ2v) is 10.4. The van der Waals surface area contributed by atoms with Crippen molar-refractivity contribution in [1.29, 1.82) is 0 Å². The van der Waals surface area contributed by atoms with Crippen molar-refractivity contribution in [3.8, 4) is 28.0 Å². The summed E-state index contributed by atoms with van der Waals surface area (Å²) in [7, 11) is 1.68. The summed E-state index contributed by atoms with van der Waals surface area (Å²) in [5.41, 5.74) is 6.66.